The fourth-order valence-corrected chi connectivity index (χ4v) is 2.76. The Kier molecular flexibility index (Phi) is 5.01. The second-order valence-corrected chi connectivity index (χ2v) is 5.11. The van der Waals surface area contributed by atoms with Crippen LogP contribution in [0.4, 0.5) is 0 Å². The molecule has 0 radical (unpaired) electrons. The SMILES string of the molecule is CCCn1ncc(OC)c1C(O)C1(OC)CCOCC1. The monoisotopic (exact) mass is 284 g/mol. The van der Waals surface area contributed by atoms with E-state index in [2.05, 4.69) is 12.0 Å². The molecule has 0 spiro atoms. The molecule has 114 valence electrons. The summed E-state index contributed by atoms with van der Waals surface area (Å²) in [5.41, 5.74) is 0.0648. The maximum Gasteiger partial charge on any atom is 0.162 e. The van der Waals surface area contributed by atoms with Crippen molar-refractivity contribution in [1.82, 2.24) is 9.78 Å². The van der Waals surface area contributed by atoms with Crippen molar-refractivity contribution in [1.29, 1.82) is 0 Å². The number of methoxy groups -OCH3 is 2. The molecule has 1 atom stereocenters. The van der Waals surface area contributed by atoms with E-state index in [0.717, 1.165) is 13.0 Å². The van der Waals surface area contributed by atoms with Gasteiger partial charge in [-0.2, -0.15) is 5.10 Å². The van der Waals surface area contributed by atoms with Gasteiger partial charge in [-0.3, -0.25) is 4.68 Å². The number of aliphatic hydroxyl groups is 1. The lowest BCUT2D eigenvalue weighted by Crippen LogP contribution is -2.44. The molecule has 0 aromatic carbocycles. The summed E-state index contributed by atoms with van der Waals surface area (Å²) in [4.78, 5) is 0. The van der Waals surface area contributed by atoms with Crippen molar-refractivity contribution < 1.29 is 19.3 Å². The third-order valence-corrected chi connectivity index (χ3v) is 4.00. The highest BCUT2D eigenvalue weighted by atomic mass is 16.5. The molecule has 1 aliphatic rings. The summed E-state index contributed by atoms with van der Waals surface area (Å²) in [6.45, 7) is 4.00. The first kappa shape index (κ1) is 15.3. The van der Waals surface area contributed by atoms with Gasteiger partial charge >= 0.3 is 0 Å². The van der Waals surface area contributed by atoms with Gasteiger partial charge in [0, 0.05) is 39.7 Å². The van der Waals surface area contributed by atoms with Crippen LogP contribution in [0, 0.1) is 0 Å². The van der Waals surface area contributed by atoms with Crippen molar-refractivity contribution in [3.63, 3.8) is 0 Å². The first-order valence-electron chi connectivity index (χ1n) is 7.09. The second kappa shape index (κ2) is 6.56. The van der Waals surface area contributed by atoms with Crippen LogP contribution in [0.25, 0.3) is 0 Å². The molecule has 1 N–H and O–H groups in total. The average molecular weight is 284 g/mol. The maximum absolute atomic E-state index is 10.9. The molecule has 6 nitrogen and oxygen atoms in total. The minimum absolute atomic E-state index is 0.592. The van der Waals surface area contributed by atoms with Crippen LogP contribution in [-0.2, 0) is 16.0 Å². The van der Waals surface area contributed by atoms with E-state index in [1.54, 1.807) is 25.1 Å². The Labute approximate surface area is 119 Å². The van der Waals surface area contributed by atoms with Gasteiger partial charge in [-0.25, -0.2) is 0 Å². The lowest BCUT2D eigenvalue weighted by molar-refractivity contribution is -0.156. The number of hydrogen-bond acceptors (Lipinski definition) is 5. The quantitative estimate of drug-likeness (QED) is 0.858. The van der Waals surface area contributed by atoms with Crippen LogP contribution >= 0.6 is 0 Å². The van der Waals surface area contributed by atoms with Crippen molar-refractivity contribution >= 4 is 0 Å². The summed E-state index contributed by atoms with van der Waals surface area (Å²) in [6, 6.07) is 0. The van der Waals surface area contributed by atoms with Gasteiger partial charge in [0.15, 0.2) is 5.75 Å². The van der Waals surface area contributed by atoms with Gasteiger partial charge in [0.05, 0.1) is 13.3 Å². The van der Waals surface area contributed by atoms with Crippen LogP contribution in [-0.4, -0.2) is 47.9 Å². The van der Waals surface area contributed by atoms with Crippen molar-refractivity contribution in [2.24, 2.45) is 0 Å². The number of rotatable bonds is 6. The molecular weight excluding hydrogens is 260 g/mol. The van der Waals surface area contributed by atoms with E-state index in [0.29, 0.717) is 37.5 Å². The largest absolute Gasteiger partial charge is 0.493 e. The summed E-state index contributed by atoms with van der Waals surface area (Å²) in [5, 5.41) is 15.2. The standard InChI is InChI=1S/C14H24N2O4/c1-4-7-16-12(11(18-2)10-15-16)13(17)14(19-3)5-8-20-9-6-14/h10,13,17H,4-9H2,1-3H3. The van der Waals surface area contributed by atoms with Crippen LogP contribution < -0.4 is 4.74 Å². The molecule has 1 aromatic heterocycles. The molecule has 0 bridgehead atoms. The van der Waals surface area contributed by atoms with Gasteiger partial charge in [-0.15, -0.1) is 0 Å². The first-order chi connectivity index (χ1) is 9.68. The zero-order valence-corrected chi connectivity index (χ0v) is 12.5. The predicted octanol–water partition coefficient (Wildman–Crippen LogP) is 1.53. The number of aromatic nitrogens is 2. The molecule has 1 saturated heterocycles. The van der Waals surface area contributed by atoms with Gasteiger partial charge in [-0.1, -0.05) is 6.92 Å². The van der Waals surface area contributed by atoms with E-state index in [9.17, 15) is 5.11 Å². The lowest BCUT2D eigenvalue weighted by atomic mass is 9.86. The van der Waals surface area contributed by atoms with Gasteiger partial charge < -0.3 is 19.3 Å². The molecule has 0 aliphatic carbocycles. The van der Waals surface area contributed by atoms with Crippen LogP contribution in [0.5, 0.6) is 5.75 Å². The number of nitrogens with zero attached hydrogens (tertiary/aromatic N) is 2. The van der Waals surface area contributed by atoms with E-state index >= 15 is 0 Å². The molecule has 1 unspecified atom stereocenters. The summed E-state index contributed by atoms with van der Waals surface area (Å²) in [7, 11) is 3.23. The van der Waals surface area contributed by atoms with E-state index < -0.39 is 11.7 Å². The highest BCUT2D eigenvalue weighted by Crippen LogP contribution is 2.40. The predicted molar refractivity (Wildman–Crippen MR) is 73.8 cm³/mol. The minimum Gasteiger partial charge on any atom is -0.493 e. The number of aliphatic hydroxyl groups excluding tert-OH is 1. The van der Waals surface area contributed by atoms with E-state index in [-0.39, 0.29) is 0 Å². The van der Waals surface area contributed by atoms with Gasteiger partial charge in [0.1, 0.15) is 17.4 Å². The van der Waals surface area contributed by atoms with Crippen LogP contribution in [0.1, 0.15) is 38.0 Å². The van der Waals surface area contributed by atoms with E-state index in [1.807, 2.05) is 0 Å². The molecule has 0 amide bonds. The van der Waals surface area contributed by atoms with Crippen molar-refractivity contribution in [3.8, 4) is 5.75 Å². The summed E-state index contributed by atoms with van der Waals surface area (Å²) < 4.78 is 18.2. The van der Waals surface area contributed by atoms with Gasteiger partial charge in [-0.05, 0) is 6.42 Å². The Morgan fingerprint density at radius 3 is 2.70 bits per heavy atom. The van der Waals surface area contributed by atoms with Crippen molar-refractivity contribution in [2.75, 3.05) is 27.4 Å². The Hall–Kier alpha value is -1.11. The van der Waals surface area contributed by atoms with Crippen LogP contribution in [0.15, 0.2) is 6.20 Å². The molecule has 6 heteroatoms. The zero-order chi connectivity index (χ0) is 14.6. The number of hydrogen-bond donors (Lipinski definition) is 1. The van der Waals surface area contributed by atoms with Crippen LogP contribution in [0.2, 0.25) is 0 Å². The highest BCUT2D eigenvalue weighted by molar-refractivity contribution is 5.29. The third-order valence-electron chi connectivity index (χ3n) is 4.00. The van der Waals surface area contributed by atoms with Crippen molar-refractivity contribution in [2.45, 2.75) is 44.4 Å². The van der Waals surface area contributed by atoms with Crippen molar-refractivity contribution in [3.05, 3.63) is 11.9 Å². The lowest BCUT2D eigenvalue weighted by Gasteiger charge is -2.39. The molecule has 1 aliphatic heterocycles. The Morgan fingerprint density at radius 2 is 2.15 bits per heavy atom. The van der Waals surface area contributed by atoms with Crippen LogP contribution in [0.3, 0.4) is 0 Å². The fourth-order valence-electron chi connectivity index (χ4n) is 2.76. The molecule has 1 fully saturated rings. The Morgan fingerprint density at radius 1 is 1.45 bits per heavy atom. The molecule has 20 heavy (non-hydrogen) atoms. The molecule has 0 saturated carbocycles. The average Bonchev–Trinajstić information content (AvgIpc) is 2.90. The Bertz CT molecular complexity index is 427. The van der Waals surface area contributed by atoms with E-state index in [4.69, 9.17) is 14.2 Å². The normalized spacial score (nSPS) is 19.8. The summed E-state index contributed by atoms with van der Waals surface area (Å²) >= 11 is 0. The highest BCUT2D eigenvalue weighted by Gasteiger charge is 2.43. The topological polar surface area (TPSA) is 65.7 Å². The summed E-state index contributed by atoms with van der Waals surface area (Å²) in [6.07, 6.45) is 3.13. The first-order valence-corrected chi connectivity index (χ1v) is 7.09. The van der Waals surface area contributed by atoms with Gasteiger partial charge in [0.25, 0.3) is 0 Å². The molecule has 2 rings (SSSR count). The maximum atomic E-state index is 10.9. The zero-order valence-electron chi connectivity index (χ0n) is 12.5. The smallest absolute Gasteiger partial charge is 0.162 e. The minimum atomic E-state index is -0.777. The summed E-state index contributed by atoms with van der Waals surface area (Å²) in [5.74, 6) is 0.605. The third kappa shape index (κ3) is 2.68. The second-order valence-electron chi connectivity index (χ2n) is 5.11. The Balaban J connectivity index is 2.34. The molecule has 2 heterocycles. The number of aryl methyl sites for hydroxylation is 1. The number of ether oxygens (including phenoxy) is 3. The molecule has 1 aromatic rings. The van der Waals surface area contributed by atoms with E-state index in [1.165, 1.54) is 0 Å². The van der Waals surface area contributed by atoms with Gasteiger partial charge in [0.2, 0.25) is 0 Å². The molecular formula is C14H24N2O4. The fraction of sp³-hybridized carbons (Fsp3) is 0.786.